The van der Waals surface area contributed by atoms with Crippen LogP contribution in [0.3, 0.4) is 0 Å². The van der Waals surface area contributed by atoms with Crippen molar-refractivity contribution in [1.82, 2.24) is 9.80 Å². The molecule has 0 aliphatic carbocycles. The van der Waals surface area contributed by atoms with Gasteiger partial charge in [-0.25, -0.2) is 8.78 Å². The molecule has 1 aliphatic rings. The van der Waals surface area contributed by atoms with Gasteiger partial charge in [-0.3, -0.25) is 9.59 Å². The van der Waals surface area contributed by atoms with Crippen molar-refractivity contribution in [2.24, 2.45) is 0 Å². The van der Waals surface area contributed by atoms with Crippen LogP contribution < -0.4 is 0 Å². The first-order valence-corrected chi connectivity index (χ1v) is 8.06. The van der Waals surface area contributed by atoms with Crippen molar-refractivity contribution in [3.63, 3.8) is 0 Å². The molecular weight excluding hydrogens is 326 g/mol. The number of carbonyl (C=O) groups is 2. The van der Waals surface area contributed by atoms with E-state index < -0.39 is 11.6 Å². The fourth-order valence-corrected chi connectivity index (χ4v) is 2.89. The first kappa shape index (κ1) is 17.1. The van der Waals surface area contributed by atoms with Crippen molar-refractivity contribution < 1.29 is 18.4 Å². The number of benzene rings is 2. The Morgan fingerprint density at radius 3 is 2.16 bits per heavy atom. The molecule has 1 saturated heterocycles. The number of hydrogen-bond acceptors (Lipinski definition) is 2. The predicted octanol–water partition coefficient (Wildman–Crippen LogP) is 2.87. The molecule has 0 N–H and O–H groups in total. The van der Waals surface area contributed by atoms with E-state index in [1.165, 1.54) is 35.2 Å². The lowest BCUT2D eigenvalue weighted by atomic mass is 10.1. The molecule has 0 atom stereocenters. The number of piperazine rings is 1. The van der Waals surface area contributed by atoms with Gasteiger partial charge in [-0.2, -0.15) is 0 Å². The minimum absolute atomic E-state index is 0.0462. The molecule has 2 aromatic rings. The number of halogens is 2. The molecule has 4 nitrogen and oxygen atoms in total. The fourth-order valence-electron chi connectivity index (χ4n) is 2.89. The van der Waals surface area contributed by atoms with E-state index >= 15 is 0 Å². The summed E-state index contributed by atoms with van der Waals surface area (Å²) in [6.07, 6.45) is 0. The quantitative estimate of drug-likeness (QED) is 0.841. The van der Waals surface area contributed by atoms with Gasteiger partial charge in [0, 0.05) is 31.7 Å². The Morgan fingerprint density at radius 1 is 0.880 bits per heavy atom. The largest absolute Gasteiger partial charge is 0.335 e. The molecule has 130 valence electrons. The van der Waals surface area contributed by atoms with Gasteiger partial charge in [0.25, 0.3) is 11.8 Å². The van der Waals surface area contributed by atoms with Crippen LogP contribution in [0.5, 0.6) is 0 Å². The van der Waals surface area contributed by atoms with Crippen LogP contribution in [0.4, 0.5) is 8.78 Å². The van der Waals surface area contributed by atoms with Crippen LogP contribution in [0.2, 0.25) is 0 Å². The second-order valence-corrected chi connectivity index (χ2v) is 6.08. The molecule has 1 aliphatic heterocycles. The first-order valence-electron chi connectivity index (χ1n) is 8.06. The number of amides is 2. The van der Waals surface area contributed by atoms with E-state index in [2.05, 4.69) is 0 Å². The molecule has 0 radical (unpaired) electrons. The molecule has 2 amide bonds. The van der Waals surface area contributed by atoms with E-state index in [1.54, 1.807) is 24.0 Å². The van der Waals surface area contributed by atoms with Crippen LogP contribution in [-0.4, -0.2) is 47.8 Å². The SMILES string of the molecule is Cc1ccc(F)c(C(=O)N2CCN(C(=O)c3cccc(F)c3)CC2)c1. The highest BCUT2D eigenvalue weighted by Gasteiger charge is 2.27. The average Bonchev–Trinajstić information content (AvgIpc) is 2.62. The van der Waals surface area contributed by atoms with Gasteiger partial charge in [-0.1, -0.05) is 17.7 Å². The van der Waals surface area contributed by atoms with Gasteiger partial charge in [0.15, 0.2) is 0 Å². The van der Waals surface area contributed by atoms with E-state index in [0.29, 0.717) is 26.2 Å². The van der Waals surface area contributed by atoms with Gasteiger partial charge in [-0.05, 0) is 37.3 Å². The maximum atomic E-state index is 13.9. The summed E-state index contributed by atoms with van der Waals surface area (Å²) in [6, 6.07) is 9.95. The Labute approximate surface area is 144 Å². The Hall–Kier alpha value is -2.76. The maximum absolute atomic E-state index is 13.9. The summed E-state index contributed by atoms with van der Waals surface area (Å²) in [5.74, 6) is -1.66. The third-order valence-corrected chi connectivity index (χ3v) is 4.28. The standard InChI is InChI=1S/C19H18F2N2O2/c1-13-5-6-17(21)16(11-13)19(25)23-9-7-22(8-10-23)18(24)14-3-2-4-15(20)12-14/h2-6,11-12H,7-10H2,1H3. The number of carbonyl (C=O) groups excluding carboxylic acids is 2. The molecule has 25 heavy (non-hydrogen) atoms. The van der Waals surface area contributed by atoms with Crippen LogP contribution in [0.1, 0.15) is 26.3 Å². The number of nitrogens with zero attached hydrogens (tertiary/aromatic N) is 2. The highest BCUT2D eigenvalue weighted by atomic mass is 19.1. The molecule has 1 heterocycles. The lowest BCUT2D eigenvalue weighted by molar-refractivity contribution is 0.0532. The molecule has 0 bridgehead atoms. The van der Waals surface area contributed by atoms with E-state index in [4.69, 9.17) is 0 Å². The van der Waals surface area contributed by atoms with Crippen molar-refractivity contribution >= 4 is 11.8 Å². The predicted molar refractivity (Wildman–Crippen MR) is 89.3 cm³/mol. The summed E-state index contributed by atoms with van der Waals surface area (Å²) in [7, 11) is 0. The number of rotatable bonds is 2. The van der Waals surface area contributed by atoms with Gasteiger partial charge >= 0.3 is 0 Å². The van der Waals surface area contributed by atoms with Gasteiger partial charge in [-0.15, -0.1) is 0 Å². The monoisotopic (exact) mass is 344 g/mol. The zero-order valence-electron chi connectivity index (χ0n) is 13.8. The van der Waals surface area contributed by atoms with E-state index in [0.717, 1.165) is 5.56 Å². The van der Waals surface area contributed by atoms with Gasteiger partial charge in [0.2, 0.25) is 0 Å². The van der Waals surface area contributed by atoms with Gasteiger partial charge < -0.3 is 9.80 Å². The van der Waals surface area contributed by atoms with Crippen molar-refractivity contribution in [3.05, 3.63) is 70.8 Å². The molecule has 0 spiro atoms. The third kappa shape index (κ3) is 3.68. The molecule has 3 rings (SSSR count). The van der Waals surface area contributed by atoms with Crippen molar-refractivity contribution in [1.29, 1.82) is 0 Å². The summed E-state index contributed by atoms with van der Waals surface area (Å²) < 4.78 is 27.2. The Balaban J connectivity index is 1.66. The first-order chi connectivity index (χ1) is 12.0. The van der Waals surface area contributed by atoms with Crippen LogP contribution in [0.25, 0.3) is 0 Å². The Bertz CT molecular complexity index is 815. The van der Waals surface area contributed by atoms with E-state index in [-0.39, 0.29) is 22.9 Å². The smallest absolute Gasteiger partial charge is 0.256 e. The second kappa shape index (κ2) is 7.01. The third-order valence-electron chi connectivity index (χ3n) is 4.28. The zero-order chi connectivity index (χ0) is 18.0. The molecule has 0 unspecified atom stereocenters. The number of hydrogen-bond donors (Lipinski definition) is 0. The summed E-state index contributed by atoms with van der Waals surface area (Å²) in [5.41, 5.74) is 1.14. The maximum Gasteiger partial charge on any atom is 0.256 e. The normalized spacial score (nSPS) is 14.5. The summed E-state index contributed by atoms with van der Waals surface area (Å²) in [5, 5.41) is 0. The Kier molecular flexibility index (Phi) is 4.79. The van der Waals surface area contributed by atoms with Crippen LogP contribution in [-0.2, 0) is 0 Å². The second-order valence-electron chi connectivity index (χ2n) is 6.08. The van der Waals surface area contributed by atoms with Crippen LogP contribution in [0.15, 0.2) is 42.5 Å². The summed E-state index contributed by atoms with van der Waals surface area (Å²) in [4.78, 5) is 28.0. The van der Waals surface area contributed by atoms with Crippen molar-refractivity contribution in [2.45, 2.75) is 6.92 Å². The van der Waals surface area contributed by atoms with Crippen molar-refractivity contribution in [3.8, 4) is 0 Å². The van der Waals surface area contributed by atoms with Crippen LogP contribution >= 0.6 is 0 Å². The Morgan fingerprint density at radius 2 is 1.52 bits per heavy atom. The average molecular weight is 344 g/mol. The van der Waals surface area contributed by atoms with E-state index in [1.807, 2.05) is 0 Å². The topological polar surface area (TPSA) is 40.6 Å². The number of aryl methyl sites for hydroxylation is 1. The lowest BCUT2D eigenvalue weighted by Crippen LogP contribution is -2.50. The molecule has 1 fully saturated rings. The minimum atomic E-state index is -0.547. The summed E-state index contributed by atoms with van der Waals surface area (Å²) >= 11 is 0. The molecule has 2 aromatic carbocycles. The van der Waals surface area contributed by atoms with Gasteiger partial charge in [0.05, 0.1) is 5.56 Å². The van der Waals surface area contributed by atoms with Crippen molar-refractivity contribution in [2.75, 3.05) is 26.2 Å². The van der Waals surface area contributed by atoms with Crippen LogP contribution in [0, 0.1) is 18.6 Å². The zero-order valence-corrected chi connectivity index (χ0v) is 13.8. The highest BCUT2D eigenvalue weighted by molar-refractivity contribution is 5.96. The molecule has 0 saturated carbocycles. The molecular formula is C19H18F2N2O2. The fraction of sp³-hybridized carbons (Fsp3) is 0.263. The molecule has 6 heteroatoms. The minimum Gasteiger partial charge on any atom is -0.335 e. The summed E-state index contributed by atoms with van der Waals surface area (Å²) in [6.45, 7) is 3.08. The van der Waals surface area contributed by atoms with Gasteiger partial charge in [0.1, 0.15) is 11.6 Å². The van der Waals surface area contributed by atoms with E-state index in [9.17, 15) is 18.4 Å². The molecule has 0 aromatic heterocycles. The lowest BCUT2D eigenvalue weighted by Gasteiger charge is -2.35. The highest BCUT2D eigenvalue weighted by Crippen LogP contribution is 2.16.